The van der Waals surface area contributed by atoms with Gasteiger partial charge in [0.15, 0.2) is 5.78 Å². The highest BCUT2D eigenvalue weighted by molar-refractivity contribution is 7.99. The molecule has 1 aliphatic rings. The first-order valence-electron chi connectivity index (χ1n) is 8.26. The Hall–Kier alpha value is -0.930. The first-order valence-corrected chi connectivity index (χ1v) is 10.9. The molecule has 0 unspecified atom stereocenters. The van der Waals surface area contributed by atoms with Crippen molar-refractivity contribution in [1.29, 1.82) is 0 Å². The fraction of sp³-hybridized carbons (Fsp3) is 0.588. The van der Waals surface area contributed by atoms with E-state index >= 15 is 0 Å². The van der Waals surface area contributed by atoms with E-state index in [0.717, 1.165) is 18.0 Å². The topological polar surface area (TPSA) is 83.9 Å². The molecule has 0 atom stereocenters. The zero-order chi connectivity index (χ0) is 18.5. The summed E-state index contributed by atoms with van der Waals surface area (Å²) in [6.45, 7) is 6.68. The van der Waals surface area contributed by atoms with Crippen LogP contribution in [0.4, 0.5) is 0 Å². The molecule has 1 fully saturated rings. The number of hydrogen-bond donors (Lipinski definition) is 1. The first kappa shape index (κ1) is 20.4. The van der Waals surface area contributed by atoms with Crippen LogP contribution in [-0.4, -0.2) is 67.0 Å². The van der Waals surface area contributed by atoms with Crippen LogP contribution in [0.2, 0.25) is 0 Å². The highest BCUT2D eigenvalue weighted by Crippen LogP contribution is 2.24. The van der Waals surface area contributed by atoms with Crippen molar-refractivity contribution in [3.8, 4) is 0 Å². The smallest absolute Gasteiger partial charge is 0.264 e. The van der Waals surface area contributed by atoms with Gasteiger partial charge in [0.2, 0.25) is 0 Å². The van der Waals surface area contributed by atoms with Gasteiger partial charge < -0.3 is 4.74 Å². The van der Waals surface area contributed by atoms with Crippen molar-refractivity contribution in [2.75, 3.05) is 37.8 Å². The Morgan fingerprint density at radius 2 is 1.84 bits per heavy atom. The highest BCUT2D eigenvalue weighted by Gasteiger charge is 2.35. The van der Waals surface area contributed by atoms with Gasteiger partial charge in [0.05, 0.1) is 24.5 Å². The van der Waals surface area contributed by atoms with E-state index in [1.807, 2.05) is 38.1 Å². The SMILES string of the molecule is CC(C)(C(=O)c1ccc(SCCCS(=O)(=O)O)cc1)N1CCOCC1. The molecule has 0 radical (unpaired) electrons. The van der Waals surface area contributed by atoms with Gasteiger partial charge in [-0.1, -0.05) is 12.1 Å². The number of nitrogens with zero attached hydrogens (tertiary/aromatic N) is 1. The van der Waals surface area contributed by atoms with E-state index < -0.39 is 15.7 Å². The van der Waals surface area contributed by atoms with Crippen molar-refractivity contribution >= 4 is 27.7 Å². The van der Waals surface area contributed by atoms with Crippen LogP contribution >= 0.6 is 11.8 Å². The summed E-state index contributed by atoms with van der Waals surface area (Å²) in [6, 6.07) is 7.38. The Bertz CT molecular complexity index is 679. The van der Waals surface area contributed by atoms with Gasteiger partial charge >= 0.3 is 0 Å². The molecule has 1 heterocycles. The number of rotatable bonds is 8. The Balaban J connectivity index is 1.93. The molecule has 0 aromatic heterocycles. The lowest BCUT2D eigenvalue weighted by Crippen LogP contribution is -2.54. The van der Waals surface area contributed by atoms with Gasteiger partial charge in [0.25, 0.3) is 10.1 Å². The quantitative estimate of drug-likeness (QED) is 0.317. The molecule has 25 heavy (non-hydrogen) atoms. The first-order chi connectivity index (χ1) is 11.7. The number of hydrogen-bond acceptors (Lipinski definition) is 6. The predicted octanol–water partition coefficient (Wildman–Crippen LogP) is 2.35. The second-order valence-corrected chi connectivity index (χ2v) is 9.24. The minimum atomic E-state index is -3.90. The lowest BCUT2D eigenvalue weighted by atomic mass is 9.91. The third-order valence-electron chi connectivity index (χ3n) is 4.29. The Morgan fingerprint density at radius 3 is 2.40 bits per heavy atom. The van der Waals surface area contributed by atoms with Gasteiger partial charge in [-0.25, -0.2) is 0 Å². The number of Topliss-reactive ketones (excluding diaryl/α,β-unsaturated/α-hetero) is 1. The number of morpholine rings is 1. The van der Waals surface area contributed by atoms with Gasteiger partial charge in [-0.2, -0.15) is 8.42 Å². The van der Waals surface area contributed by atoms with E-state index in [-0.39, 0.29) is 11.5 Å². The van der Waals surface area contributed by atoms with E-state index in [2.05, 4.69) is 4.90 Å². The van der Waals surface area contributed by atoms with Crippen LogP contribution in [-0.2, 0) is 14.9 Å². The molecule has 0 saturated carbocycles. The summed E-state index contributed by atoms with van der Waals surface area (Å²) in [7, 11) is -3.90. The van der Waals surface area contributed by atoms with Crippen LogP contribution in [0.1, 0.15) is 30.6 Å². The van der Waals surface area contributed by atoms with Gasteiger partial charge in [-0.3, -0.25) is 14.2 Å². The maximum absolute atomic E-state index is 12.9. The Morgan fingerprint density at radius 1 is 1.24 bits per heavy atom. The molecule has 2 rings (SSSR count). The van der Waals surface area contributed by atoms with E-state index in [0.29, 0.717) is 31.0 Å². The monoisotopic (exact) mass is 387 g/mol. The van der Waals surface area contributed by atoms with E-state index in [1.54, 1.807) is 0 Å². The van der Waals surface area contributed by atoms with Crippen molar-refractivity contribution in [3.05, 3.63) is 29.8 Å². The summed E-state index contributed by atoms with van der Waals surface area (Å²) in [5.41, 5.74) is 0.0901. The molecule has 0 amide bonds. The van der Waals surface area contributed by atoms with Gasteiger partial charge in [-0.15, -0.1) is 11.8 Å². The molecule has 1 aromatic rings. The van der Waals surface area contributed by atoms with Crippen LogP contribution < -0.4 is 0 Å². The summed E-state index contributed by atoms with van der Waals surface area (Å²) in [6.07, 6.45) is 0.383. The highest BCUT2D eigenvalue weighted by atomic mass is 32.2. The number of benzene rings is 1. The van der Waals surface area contributed by atoms with Crippen molar-refractivity contribution < 1.29 is 22.5 Å². The van der Waals surface area contributed by atoms with Crippen molar-refractivity contribution in [2.45, 2.75) is 30.7 Å². The van der Waals surface area contributed by atoms with Crippen LogP contribution in [0, 0.1) is 0 Å². The lowest BCUT2D eigenvalue weighted by molar-refractivity contribution is -0.00430. The molecule has 8 heteroatoms. The average molecular weight is 388 g/mol. The number of carbonyl (C=O) groups is 1. The Labute approximate surface area is 153 Å². The fourth-order valence-corrected chi connectivity index (χ4v) is 4.30. The molecule has 1 aromatic carbocycles. The number of ketones is 1. The fourth-order valence-electron chi connectivity index (χ4n) is 2.75. The van der Waals surface area contributed by atoms with E-state index in [9.17, 15) is 13.2 Å². The number of thioether (sulfide) groups is 1. The molecule has 1 aliphatic heterocycles. The zero-order valence-corrected chi connectivity index (χ0v) is 16.2. The molecular weight excluding hydrogens is 362 g/mol. The van der Waals surface area contributed by atoms with Crippen LogP contribution in [0.25, 0.3) is 0 Å². The normalized spacial score (nSPS) is 16.8. The van der Waals surface area contributed by atoms with Gasteiger partial charge in [-0.05, 0) is 38.2 Å². The average Bonchev–Trinajstić information content (AvgIpc) is 2.58. The van der Waals surface area contributed by atoms with Crippen LogP contribution in [0.3, 0.4) is 0 Å². The minimum absolute atomic E-state index is 0.0809. The lowest BCUT2D eigenvalue weighted by Gasteiger charge is -2.39. The molecule has 0 spiro atoms. The summed E-state index contributed by atoms with van der Waals surface area (Å²) in [5, 5.41) is 0. The maximum atomic E-state index is 12.9. The van der Waals surface area contributed by atoms with Gasteiger partial charge in [0, 0.05) is 23.5 Å². The molecule has 0 aliphatic carbocycles. The summed E-state index contributed by atoms with van der Waals surface area (Å²) in [4.78, 5) is 16.0. The second-order valence-electron chi connectivity index (χ2n) is 6.50. The second kappa shape index (κ2) is 8.64. The summed E-state index contributed by atoms with van der Waals surface area (Å²) >= 11 is 1.50. The maximum Gasteiger partial charge on any atom is 0.264 e. The van der Waals surface area contributed by atoms with E-state index in [4.69, 9.17) is 9.29 Å². The van der Waals surface area contributed by atoms with Crippen LogP contribution in [0.5, 0.6) is 0 Å². The molecule has 6 nitrogen and oxygen atoms in total. The zero-order valence-electron chi connectivity index (χ0n) is 14.6. The molecule has 1 N–H and O–H groups in total. The molecule has 140 valence electrons. The third-order valence-corrected chi connectivity index (χ3v) is 6.19. The summed E-state index contributed by atoms with van der Waals surface area (Å²) in [5.74, 6) is 0.439. The van der Waals surface area contributed by atoms with Gasteiger partial charge in [0.1, 0.15) is 0 Å². The molecule has 1 saturated heterocycles. The largest absolute Gasteiger partial charge is 0.379 e. The van der Waals surface area contributed by atoms with Crippen molar-refractivity contribution in [2.24, 2.45) is 0 Å². The minimum Gasteiger partial charge on any atom is -0.379 e. The van der Waals surface area contributed by atoms with E-state index in [1.165, 1.54) is 11.8 Å². The Kier molecular flexibility index (Phi) is 7.04. The standard InChI is InChI=1S/C17H25NO5S2/c1-17(2,18-8-10-23-11-9-18)16(19)14-4-6-15(7-5-14)24-12-3-13-25(20,21)22/h4-7H,3,8-13H2,1-2H3,(H,20,21,22). The van der Waals surface area contributed by atoms with Crippen LogP contribution in [0.15, 0.2) is 29.2 Å². The summed E-state index contributed by atoms with van der Waals surface area (Å²) < 4.78 is 35.4. The number of carbonyl (C=O) groups excluding carboxylic acids is 1. The number of ether oxygens (including phenoxy) is 1. The molecular formula is C17H25NO5S2. The predicted molar refractivity (Wildman–Crippen MR) is 99.0 cm³/mol. The third kappa shape index (κ3) is 6.07. The molecule has 0 bridgehead atoms. The van der Waals surface area contributed by atoms with Crippen molar-refractivity contribution in [1.82, 2.24) is 4.90 Å². The van der Waals surface area contributed by atoms with Crippen molar-refractivity contribution in [3.63, 3.8) is 0 Å².